The molecule has 5 N–H and O–H groups in total. The summed E-state index contributed by atoms with van der Waals surface area (Å²) in [6.07, 6.45) is 0.568. The van der Waals surface area contributed by atoms with Crippen LogP contribution in [-0.2, 0) is 0 Å². The van der Waals surface area contributed by atoms with E-state index < -0.39 is 12.1 Å². The minimum Gasteiger partial charge on any atom is -0.496 e. The number of methoxy groups -OCH3 is 1. The highest BCUT2D eigenvalue weighted by Crippen LogP contribution is 2.32. The van der Waals surface area contributed by atoms with Crippen molar-refractivity contribution in [1.82, 2.24) is 15.5 Å². The predicted octanol–water partition coefficient (Wildman–Crippen LogP) is 4.39. The maximum Gasteiger partial charge on any atom is 0.405 e. The van der Waals surface area contributed by atoms with Crippen LogP contribution in [-0.4, -0.2) is 67.9 Å². The molecule has 0 radical (unpaired) electrons. The Balaban J connectivity index is 1.48. The van der Waals surface area contributed by atoms with Gasteiger partial charge in [0.2, 0.25) is 0 Å². The first kappa shape index (κ1) is 28.0. The van der Waals surface area contributed by atoms with Crippen LogP contribution in [0.25, 0.3) is 0 Å². The minimum absolute atomic E-state index is 0.105. The molecule has 1 aliphatic heterocycles. The predicted molar refractivity (Wildman–Crippen MR) is 141 cm³/mol. The standard InChI is InChI=1S/C24H29Cl3N4O5/c1-35-21-10-19(28)18(26)9-16(21)23(32)29-11-14-5-7-31(8-6-14)12-15(30-24(33)34)13-36-20-4-2-3-17(25)22(20)27/h2-4,9-10,14-15,30H,5-8,11-13,28H2,1H3,(H,29,32)(H,33,34). The van der Waals surface area contributed by atoms with Crippen molar-refractivity contribution in [1.29, 1.82) is 0 Å². The third-order valence-corrected chi connectivity index (χ3v) is 7.11. The quantitative estimate of drug-likeness (QED) is 0.318. The van der Waals surface area contributed by atoms with Gasteiger partial charge in [-0.2, -0.15) is 0 Å². The van der Waals surface area contributed by atoms with E-state index in [9.17, 15) is 14.7 Å². The fraction of sp³-hybridized carbons (Fsp3) is 0.417. The molecular weight excluding hydrogens is 531 g/mol. The number of likely N-dealkylation sites (tertiary alicyclic amines) is 1. The molecule has 0 bridgehead atoms. The Hall–Kier alpha value is -2.59. The summed E-state index contributed by atoms with van der Waals surface area (Å²) in [6.45, 7) is 2.60. The number of nitrogen functional groups attached to an aromatic ring is 1. The summed E-state index contributed by atoms with van der Waals surface area (Å²) in [4.78, 5) is 26.1. The van der Waals surface area contributed by atoms with Gasteiger partial charge in [-0.05, 0) is 50.0 Å². The van der Waals surface area contributed by atoms with Crippen molar-refractivity contribution in [3.05, 3.63) is 51.0 Å². The molecule has 36 heavy (non-hydrogen) atoms. The van der Waals surface area contributed by atoms with E-state index in [2.05, 4.69) is 15.5 Å². The average molecular weight is 560 g/mol. The maximum atomic E-state index is 12.7. The number of benzene rings is 2. The van der Waals surface area contributed by atoms with Crippen LogP contribution in [0.5, 0.6) is 11.5 Å². The van der Waals surface area contributed by atoms with Crippen molar-refractivity contribution in [3.8, 4) is 11.5 Å². The number of piperidine rings is 1. The largest absolute Gasteiger partial charge is 0.496 e. The van der Waals surface area contributed by atoms with E-state index in [1.807, 2.05) is 0 Å². The summed E-state index contributed by atoms with van der Waals surface area (Å²) in [5, 5.41) is 15.6. The van der Waals surface area contributed by atoms with Crippen LogP contribution in [0.3, 0.4) is 0 Å². The minimum atomic E-state index is -1.13. The van der Waals surface area contributed by atoms with Gasteiger partial charge in [-0.3, -0.25) is 4.79 Å². The lowest BCUT2D eigenvalue weighted by Crippen LogP contribution is -2.49. The molecule has 0 aromatic heterocycles. The number of anilines is 1. The van der Waals surface area contributed by atoms with E-state index in [4.69, 9.17) is 50.0 Å². The lowest BCUT2D eigenvalue weighted by Gasteiger charge is -2.34. The third-order valence-electron chi connectivity index (χ3n) is 5.98. The van der Waals surface area contributed by atoms with Crippen LogP contribution in [0.4, 0.5) is 10.5 Å². The number of carbonyl (C=O) groups excluding carboxylic acids is 1. The van der Waals surface area contributed by atoms with Crippen LogP contribution in [0.1, 0.15) is 23.2 Å². The topological polar surface area (TPSA) is 126 Å². The molecule has 9 nitrogen and oxygen atoms in total. The summed E-state index contributed by atoms with van der Waals surface area (Å²) < 4.78 is 11.0. The molecule has 1 unspecified atom stereocenters. The Labute approximate surface area is 224 Å². The monoisotopic (exact) mass is 558 g/mol. The molecule has 2 aromatic carbocycles. The fourth-order valence-electron chi connectivity index (χ4n) is 4.03. The number of carboxylic acid groups (broad SMARTS) is 1. The Kier molecular flexibility index (Phi) is 10.2. The zero-order valence-corrected chi connectivity index (χ0v) is 22.0. The maximum absolute atomic E-state index is 12.7. The third kappa shape index (κ3) is 7.70. The van der Waals surface area contributed by atoms with Gasteiger partial charge in [0, 0.05) is 19.2 Å². The first-order valence-electron chi connectivity index (χ1n) is 11.4. The number of nitrogens with one attached hydrogen (secondary N) is 2. The molecule has 1 aliphatic rings. The highest BCUT2D eigenvalue weighted by atomic mass is 35.5. The lowest BCUT2D eigenvalue weighted by atomic mass is 9.96. The molecule has 2 aromatic rings. The van der Waals surface area contributed by atoms with E-state index in [0.29, 0.717) is 45.9 Å². The highest BCUT2D eigenvalue weighted by molar-refractivity contribution is 6.42. The Morgan fingerprint density at radius 1 is 1.17 bits per heavy atom. The summed E-state index contributed by atoms with van der Waals surface area (Å²) in [5.74, 6) is 0.767. The zero-order valence-electron chi connectivity index (χ0n) is 19.7. The van der Waals surface area contributed by atoms with E-state index in [0.717, 1.165) is 25.9 Å². The van der Waals surface area contributed by atoms with Crippen molar-refractivity contribution < 1.29 is 24.2 Å². The number of amides is 2. The van der Waals surface area contributed by atoms with Gasteiger partial charge in [0.15, 0.2) is 0 Å². The molecule has 0 saturated carbocycles. The SMILES string of the molecule is COc1cc(N)c(Cl)cc1C(=O)NCC1CCN(CC(COc2cccc(Cl)c2Cl)NC(=O)O)CC1. The normalized spacial score (nSPS) is 15.2. The summed E-state index contributed by atoms with van der Waals surface area (Å²) in [6, 6.07) is 7.61. The van der Waals surface area contributed by atoms with Gasteiger partial charge in [-0.15, -0.1) is 0 Å². The smallest absolute Gasteiger partial charge is 0.405 e. The highest BCUT2D eigenvalue weighted by Gasteiger charge is 2.24. The number of carbonyl (C=O) groups is 2. The second-order valence-electron chi connectivity index (χ2n) is 8.54. The summed E-state index contributed by atoms with van der Waals surface area (Å²) in [7, 11) is 1.47. The number of nitrogens with two attached hydrogens (primary N) is 1. The number of rotatable bonds is 10. The van der Waals surface area contributed by atoms with Crippen molar-refractivity contribution in [2.24, 2.45) is 5.92 Å². The number of hydrogen-bond acceptors (Lipinski definition) is 6. The second-order valence-corrected chi connectivity index (χ2v) is 9.73. The van der Waals surface area contributed by atoms with Gasteiger partial charge >= 0.3 is 6.09 Å². The van der Waals surface area contributed by atoms with E-state index in [1.165, 1.54) is 19.2 Å². The molecule has 2 amide bonds. The van der Waals surface area contributed by atoms with Crippen molar-refractivity contribution in [2.45, 2.75) is 18.9 Å². The zero-order chi connectivity index (χ0) is 26.2. The molecule has 12 heteroatoms. The number of hydrogen-bond donors (Lipinski definition) is 4. The molecule has 1 heterocycles. The van der Waals surface area contributed by atoms with Crippen LogP contribution in [0.15, 0.2) is 30.3 Å². The fourth-order valence-corrected chi connectivity index (χ4v) is 4.54. The van der Waals surface area contributed by atoms with E-state index in [1.54, 1.807) is 18.2 Å². The molecule has 3 rings (SSSR count). The van der Waals surface area contributed by atoms with Crippen LogP contribution in [0, 0.1) is 5.92 Å². The van der Waals surface area contributed by atoms with Gasteiger partial charge in [0.1, 0.15) is 23.1 Å². The van der Waals surface area contributed by atoms with Gasteiger partial charge in [0.05, 0.1) is 34.4 Å². The molecule has 0 spiro atoms. The molecule has 196 valence electrons. The van der Waals surface area contributed by atoms with Crippen molar-refractivity contribution in [2.75, 3.05) is 45.6 Å². The van der Waals surface area contributed by atoms with E-state index >= 15 is 0 Å². The number of halogens is 3. The molecular formula is C24H29Cl3N4O5. The number of ether oxygens (including phenoxy) is 2. The molecule has 1 fully saturated rings. The van der Waals surface area contributed by atoms with Gasteiger partial charge in [-0.1, -0.05) is 40.9 Å². The Morgan fingerprint density at radius 2 is 1.89 bits per heavy atom. The average Bonchev–Trinajstić information content (AvgIpc) is 2.85. The summed E-state index contributed by atoms with van der Waals surface area (Å²) >= 11 is 18.2. The molecule has 1 saturated heterocycles. The second kappa shape index (κ2) is 13.1. The Morgan fingerprint density at radius 3 is 2.56 bits per heavy atom. The van der Waals surface area contributed by atoms with Gasteiger partial charge in [0.25, 0.3) is 5.91 Å². The first-order valence-corrected chi connectivity index (χ1v) is 12.5. The van der Waals surface area contributed by atoms with Gasteiger partial charge in [-0.25, -0.2) is 4.79 Å². The van der Waals surface area contributed by atoms with Crippen LogP contribution in [0.2, 0.25) is 15.1 Å². The van der Waals surface area contributed by atoms with E-state index in [-0.39, 0.29) is 23.5 Å². The number of nitrogens with zero attached hydrogens (tertiary/aromatic N) is 1. The van der Waals surface area contributed by atoms with Crippen molar-refractivity contribution in [3.63, 3.8) is 0 Å². The first-order chi connectivity index (χ1) is 17.2. The lowest BCUT2D eigenvalue weighted by molar-refractivity contribution is 0.0929. The van der Waals surface area contributed by atoms with Crippen LogP contribution >= 0.6 is 34.8 Å². The van der Waals surface area contributed by atoms with Crippen LogP contribution < -0.4 is 25.8 Å². The van der Waals surface area contributed by atoms with Gasteiger partial charge < -0.3 is 35.8 Å². The molecule has 1 atom stereocenters. The summed E-state index contributed by atoms with van der Waals surface area (Å²) in [5.41, 5.74) is 6.46. The molecule has 0 aliphatic carbocycles. The van der Waals surface area contributed by atoms with Crippen molar-refractivity contribution >= 4 is 52.5 Å². The Bertz CT molecular complexity index is 1080.